The van der Waals surface area contributed by atoms with Crippen molar-refractivity contribution >= 4 is 11.8 Å². The largest absolute Gasteiger partial charge is 0.306 e. The van der Waals surface area contributed by atoms with Crippen LogP contribution >= 0.6 is 11.8 Å². The van der Waals surface area contributed by atoms with Crippen molar-refractivity contribution in [3.05, 3.63) is 0 Å². The predicted molar refractivity (Wildman–Crippen MR) is 48.7 cm³/mol. The first-order valence-corrected chi connectivity index (χ1v) is 5.33. The molecule has 1 aliphatic heterocycles. The van der Waals surface area contributed by atoms with Crippen LogP contribution in [0, 0.1) is 0 Å². The number of hydrogen-bond donors (Lipinski definition) is 0. The molecule has 10 heavy (non-hydrogen) atoms. The van der Waals surface area contributed by atoms with E-state index in [0.29, 0.717) is 0 Å². The molecule has 0 unspecified atom stereocenters. The van der Waals surface area contributed by atoms with Gasteiger partial charge in [0.25, 0.3) is 0 Å². The molecule has 60 valence electrons. The van der Waals surface area contributed by atoms with Crippen LogP contribution in [0.25, 0.3) is 0 Å². The van der Waals surface area contributed by atoms with Crippen LogP contribution in [0.4, 0.5) is 0 Å². The second-order valence-electron chi connectivity index (χ2n) is 3.09. The molecule has 0 saturated carbocycles. The number of rotatable bonds is 1. The topological polar surface area (TPSA) is 3.24 Å². The van der Waals surface area contributed by atoms with Crippen LogP contribution in [0.1, 0.15) is 19.3 Å². The van der Waals surface area contributed by atoms with E-state index in [1.807, 2.05) is 11.8 Å². The molecule has 0 amide bonds. The normalized spacial score (nSPS) is 30.0. The van der Waals surface area contributed by atoms with Crippen molar-refractivity contribution in [2.24, 2.45) is 0 Å². The summed E-state index contributed by atoms with van der Waals surface area (Å²) >= 11 is 2.03. The summed E-state index contributed by atoms with van der Waals surface area (Å²) < 4.78 is 0. The Kier molecular flexibility index (Phi) is 3.57. The van der Waals surface area contributed by atoms with Crippen molar-refractivity contribution in [1.82, 2.24) is 4.90 Å². The first-order valence-electron chi connectivity index (χ1n) is 4.04. The zero-order valence-corrected chi connectivity index (χ0v) is 7.78. The molecule has 0 aromatic heterocycles. The Balaban J connectivity index is 2.26. The molecule has 0 aromatic carbocycles. The summed E-state index contributed by atoms with van der Waals surface area (Å²) in [5.41, 5.74) is 0. The van der Waals surface area contributed by atoms with E-state index in [2.05, 4.69) is 18.2 Å². The van der Waals surface area contributed by atoms with E-state index in [1.165, 1.54) is 32.4 Å². The quantitative estimate of drug-likeness (QED) is 0.574. The zero-order chi connectivity index (χ0) is 7.40. The van der Waals surface area contributed by atoms with Crippen LogP contribution in [0.3, 0.4) is 0 Å². The van der Waals surface area contributed by atoms with Crippen LogP contribution in [0.5, 0.6) is 0 Å². The number of hydrogen-bond acceptors (Lipinski definition) is 2. The molecule has 1 saturated heterocycles. The minimum atomic E-state index is 0.935. The van der Waals surface area contributed by atoms with E-state index in [9.17, 15) is 0 Å². The van der Waals surface area contributed by atoms with Gasteiger partial charge in [0.2, 0.25) is 0 Å². The summed E-state index contributed by atoms with van der Waals surface area (Å²) in [5.74, 6) is 0. The molecule has 1 fully saturated rings. The van der Waals surface area contributed by atoms with Crippen LogP contribution < -0.4 is 0 Å². The number of likely N-dealkylation sites (tertiary alicyclic amines) is 1. The average molecular weight is 159 g/mol. The van der Waals surface area contributed by atoms with Gasteiger partial charge in [-0.3, -0.25) is 0 Å². The van der Waals surface area contributed by atoms with Gasteiger partial charge >= 0.3 is 0 Å². The molecule has 1 nitrogen and oxygen atoms in total. The molecule has 0 bridgehead atoms. The molecular weight excluding hydrogens is 142 g/mol. The lowest BCUT2D eigenvalue weighted by Crippen LogP contribution is -2.19. The SMILES string of the molecule is CS[C@@H]1CCCN(C)CC1. The first-order chi connectivity index (χ1) is 4.83. The van der Waals surface area contributed by atoms with E-state index < -0.39 is 0 Å². The molecule has 0 radical (unpaired) electrons. The van der Waals surface area contributed by atoms with Crippen LogP contribution in [0.2, 0.25) is 0 Å². The third-order valence-corrected chi connectivity index (χ3v) is 3.37. The fourth-order valence-corrected chi connectivity index (χ4v) is 2.19. The van der Waals surface area contributed by atoms with Crippen LogP contribution in [0.15, 0.2) is 0 Å². The molecule has 2 heteroatoms. The Labute approximate surface area is 68.2 Å². The third-order valence-electron chi connectivity index (χ3n) is 2.23. The van der Waals surface area contributed by atoms with Crippen molar-refractivity contribution in [1.29, 1.82) is 0 Å². The minimum Gasteiger partial charge on any atom is -0.306 e. The van der Waals surface area contributed by atoms with Crippen LogP contribution in [-0.2, 0) is 0 Å². The summed E-state index contributed by atoms with van der Waals surface area (Å²) in [6.07, 6.45) is 6.43. The van der Waals surface area contributed by atoms with Gasteiger partial charge in [0.1, 0.15) is 0 Å². The van der Waals surface area contributed by atoms with Crippen molar-refractivity contribution in [3.8, 4) is 0 Å². The molecule has 1 rings (SSSR count). The lowest BCUT2D eigenvalue weighted by atomic mass is 10.2. The van der Waals surface area contributed by atoms with Gasteiger partial charge in [-0.1, -0.05) is 0 Å². The highest BCUT2D eigenvalue weighted by atomic mass is 32.2. The highest BCUT2D eigenvalue weighted by Gasteiger charge is 2.12. The van der Waals surface area contributed by atoms with E-state index in [4.69, 9.17) is 0 Å². The summed E-state index contributed by atoms with van der Waals surface area (Å²) in [6, 6.07) is 0. The van der Waals surface area contributed by atoms with Gasteiger partial charge in [-0.25, -0.2) is 0 Å². The Morgan fingerprint density at radius 1 is 1.30 bits per heavy atom. The zero-order valence-electron chi connectivity index (χ0n) is 6.97. The van der Waals surface area contributed by atoms with Gasteiger partial charge < -0.3 is 4.90 Å². The molecule has 1 heterocycles. The highest BCUT2D eigenvalue weighted by molar-refractivity contribution is 7.99. The molecule has 1 atom stereocenters. The highest BCUT2D eigenvalue weighted by Crippen LogP contribution is 2.20. The van der Waals surface area contributed by atoms with Gasteiger partial charge in [-0.05, 0) is 45.7 Å². The number of nitrogens with zero attached hydrogens (tertiary/aromatic N) is 1. The van der Waals surface area contributed by atoms with Gasteiger partial charge in [0.05, 0.1) is 0 Å². The molecule has 0 aromatic rings. The molecule has 0 N–H and O–H groups in total. The van der Waals surface area contributed by atoms with Gasteiger partial charge in [-0.2, -0.15) is 11.8 Å². The molecule has 1 aliphatic rings. The smallest absolute Gasteiger partial charge is 0.00569 e. The maximum Gasteiger partial charge on any atom is 0.00569 e. The van der Waals surface area contributed by atoms with E-state index in [0.717, 1.165) is 5.25 Å². The maximum absolute atomic E-state index is 2.44. The van der Waals surface area contributed by atoms with Crippen molar-refractivity contribution < 1.29 is 0 Å². The van der Waals surface area contributed by atoms with Gasteiger partial charge in [0, 0.05) is 5.25 Å². The Morgan fingerprint density at radius 2 is 2.10 bits per heavy atom. The number of thioether (sulfide) groups is 1. The standard InChI is InChI=1S/C8H17NS/c1-9-6-3-4-8(10-2)5-7-9/h8H,3-7H2,1-2H3/t8-/m1/s1. The summed E-state index contributed by atoms with van der Waals surface area (Å²) in [6.45, 7) is 2.60. The van der Waals surface area contributed by atoms with Gasteiger partial charge in [0.15, 0.2) is 0 Å². The van der Waals surface area contributed by atoms with Crippen LogP contribution in [-0.4, -0.2) is 36.5 Å². The Bertz CT molecular complexity index is 95.3. The summed E-state index contributed by atoms with van der Waals surface area (Å²) in [4.78, 5) is 2.44. The third kappa shape index (κ3) is 2.51. The van der Waals surface area contributed by atoms with Crippen molar-refractivity contribution in [3.63, 3.8) is 0 Å². The van der Waals surface area contributed by atoms with Crippen molar-refractivity contribution in [2.45, 2.75) is 24.5 Å². The second kappa shape index (κ2) is 4.24. The van der Waals surface area contributed by atoms with E-state index >= 15 is 0 Å². The fourth-order valence-electron chi connectivity index (χ4n) is 1.45. The Morgan fingerprint density at radius 3 is 2.80 bits per heavy atom. The lowest BCUT2D eigenvalue weighted by Gasteiger charge is -2.12. The van der Waals surface area contributed by atoms with E-state index in [1.54, 1.807) is 0 Å². The molecule has 0 spiro atoms. The second-order valence-corrected chi connectivity index (χ2v) is 4.23. The Hall–Kier alpha value is 0.310. The first kappa shape index (κ1) is 8.41. The lowest BCUT2D eigenvalue weighted by molar-refractivity contribution is 0.349. The monoisotopic (exact) mass is 159 g/mol. The van der Waals surface area contributed by atoms with E-state index in [-0.39, 0.29) is 0 Å². The fraction of sp³-hybridized carbons (Fsp3) is 1.00. The maximum atomic E-state index is 2.44. The predicted octanol–water partition coefficient (Wildman–Crippen LogP) is 1.83. The minimum absolute atomic E-state index is 0.935. The average Bonchev–Trinajstić information content (AvgIpc) is 2.14. The molecular formula is C8H17NS. The van der Waals surface area contributed by atoms with Crippen molar-refractivity contribution in [2.75, 3.05) is 26.4 Å². The summed E-state index contributed by atoms with van der Waals surface area (Å²) in [7, 11) is 2.22. The molecule has 0 aliphatic carbocycles. The van der Waals surface area contributed by atoms with Gasteiger partial charge in [-0.15, -0.1) is 0 Å². The summed E-state index contributed by atoms with van der Waals surface area (Å²) in [5, 5.41) is 0.935.